The van der Waals surface area contributed by atoms with Gasteiger partial charge in [0.1, 0.15) is 0 Å². The number of carbonyl (C=O) groups excluding carboxylic acids is 1. The Morgan fingerprint density at radius 2 is 2.00 bits per heavy atom. The highest BCUT2D eigenvalue weighted by molar-refractivity contribution is 14.0. The van der Waals surface area contributed by atoms with Crippen LogP contribution in [-0.2, 0) is 0 Å². The molecule has 22 heavy (non-hydrogen) atoms. The summed E-state index contributed by atoms with van der Waals surface area (Å²) >= 11 is 3.35. The normalized spacial score (nSPS) is 12.1. The number of guanidine groups is 1. The lowest BCUT2D eigenvalue weighted by atomic mass is 10.2. The molecule has 0 radical (unpaired) electrons. The molecule has 5 nitrogen and oxygen atoms in total. The average Bonchev–Trinajstić information content (AvgIpc) is 2.49. The van der Waals surface area contributed by atoms with Crippen LogP contribution in [0.3, 0.4) is 0 Å². The SMILES string of the molecule is CCC(C)NC(=NC)NCCNC(=O)c1cccc(Br)c1.I. The number of benzene rings is 1. The lowest BCUT2D eigenvalue weighted by Crippen LogP contribution is -2.44. The molecule has 124 valence electrons. The van der Waals surface area contributed by atoms with Gasteiger partial charge in [-0.2, -0.15) is 0 Å². The maximum absolute atomic E-state index is 11.9. The summed E-state index contributed by atoms with van der Waals surface area (Å²) in [6.07, 6.45) is 1.03. The van der Waals surface area contributed by atoms with Gasteiger partial charge in [0.2, 0.25) is 0 Å². The van der Waals surface area contributed by atoms with Crippen molar-refractivity contribution in [2.45, 2.75) is 26.3 Å². The molecule has 0 saturated carbocycles. The van der Waals surface area contributed by atoms with E-state index in [0.717, 1.165) is 16.9 Å². The third-order valence-corrected chi connectivity index (χ3v) is 3.50. The highest BCUT2D eigenvalue weighted by Gasteiger charge is 2.05. The second kappa shape index (κ2) is 11.7. The van der Waals surface area contributed by atoms with Gasteiger partial charge in [0.05, 0.1) is 0 Å². The monoisotopic (exact) mass is 482 g/mol. The van der Waals surface area contributed by atoms with E-state index in [1.165, 1.54) is 0 Å². The zero-order chi connectivity index (χ0) is 15.7. The van der Waals surface area contributed by atoms with Crippen molar-refractivity contribution < 1.29 is 4.79 Å². The van der Waals surface area contributed by atoms with E-state index >= 15 is 0 Å². The Bertz CT molecular complexity index is 496. The quantitative estimate of drug-likeness (QED) is 0.253. The maximum atomic E-state index is 11.9. The third-order valence-electron chi connectivity index (χ3n) is 3.01. The fourth-order valence-corrected chi connectivity index (χ4v) is 2.02. The molecule has 1 atom stereocenters. The zero-order valence-corrected chi connectivity index (χ0v) is 17.1. The fourth-order valence-electron chi connectivity index (χ4n) is 1.62. The summed E-state index contributed by atoms with van der Waals surface area (Å²) in [5, 5.41) is 9.30. The summed E-state index contributed by atoms with van der Waals surface area (Å²) in [6.45, 7) is 5.37. The van der Waals surface area contributed by atoms with E-state index in [1.54, 1.807) is 19.2 Å². The van der Waals surface area contributed by atoms with E-state index in [1.807, 2.05) is 12.1 Å². The lowest BCUT2D eigenvalue weighted by Gasteiger charge is -2.16. The number of hydrogen-bond donors (Lipinski definition) is 3. The van der Waals surface area contributed by atoms with Crippen molar-refractivity contribution in [2.75, 3.05) is 20.1 Å². The first-order valence-electron chi connectivity index (χ1n) is 7.07. The van der Waals surface area contributed by atoms with Crippen molar-refractivity contribution in [3.05, 3.63) is 34.3 Å². The molecule has 0 aliphatic rings. The van der Waals surface area contributed by atoms with E-state index < -0.39 is 0 Å². The smallest absolute Gasteiger partial charge is 0.251 e. The molecule has 1 unspecified atom stereocenters. The standard InChI is InChI=1S/C15H23BrN4O.HI/c1-4-11(2)20-15(17-3)19-9-8-18-14(21)12-6-5-7-13(16)10-12;/h5-7,10-11H,4,8-9H2,1-3H3,(H,18,21)(H2,17,19,20);1H. The Hall–Kier alpha value is -0.830. The lowest BCUT2D eigenvalue weighted by molar-refractivity contribution is 0.0954. The minimum absolute atomic E-state index is 0. The fraction of sp³-hybridized carbons (Fsp3) is 0.467. The van der Waals surface area contributed by atoms with Gasteiger partial charge in [0.25, 0.3) is 5.91 Å². The van der Waals surface area contributed by atoms with Gasteiger partial charge < -0.3 is 16.0 Å². The third kappa shape index (κ3) is 7.98. The van der Waals surface area contributed by atoms with Crippen LogP contribution in [0.4, 0.5) is 0 Å². The summed E-state index contributed by atoms with van der Waals surface area (Å²) < 4.78 is 0.895. The molecule has 0 saturated heterocycles. The number of halogens is 2. The number of nitrogens with zero attached hydrogens (tertiary/aromatic N) is 1. The molecular weight excluding hydrogens is 459 g/mol. The van der Waals surface area contributed by atoms with E-state index in [-0.39, 0.29) is 29.9 Å². The van der Waals surface area contributed by atoms with Gasteiger partial charge in [-0.05, 0) is 31.5 Å². The number of aliphatic imine (C=N–C) groups is 1. The number of amides is 1. The summed E-state index contributed by atoms with van der Waals surface area (Å²) in [4.78, 5) is 16.1. The van der Waals surface area contributed by atoms with Gasteiger partial charge in [-0.1, -0.05) is 28.9 Å². The van der Waals surface area contributed by atoms with Gasteiger partial charge in [-0.15, -0.1) is 24.0 Å². The molecule has 0 spiro atoms. The molecule has 3 N–H and O–H groups in total. The van der Waals surface area contributed by atoms with Crippen LogP contribution in [0.5, 0.6) is 0 Å². The topological polar surface area (TPSA) is 65.5 Å². The Morgan fingerprint density at radius 3 is 2.59 bits per heavy atom. The predicted molar refractivity (Wildman–Crippen MR) is 106 cm³/mol. The Kier molecular flexibility index (Phi) is 11.3. The molecule has 1 rings (SSSR count). The Morgan fingerprint density at radius 1 is 1.32 bits per heavy atom. The predicted octanol–water partition coefficient (Wildman–Crippen LogP) is 2.76. The van der Waals surface area contributed by atoms with E-state index in [9.17, 15) is 4.79 Å². The second-order valence-electron chi connectivity index (χ2n) is 4.72. The molecule has 0 bridgehead atoms. The Labute approximate surface area is 157 Å². The van der Waals surface area contributed by atoms with Crippen LogP contribution in [0.25, 0.3) is 0 Å². The van der Waals surface area contributed by atoms with Crippen LogP contribution in [0.2, 0.25) is 0 Å². The van der Waals surface area contributed by atoms with Crippen molar-refractivity contribution in [3.8, 4) is 0 Å². The maximum Gasteiger partial charge on any atom is 0.251 e. The number of nitrogens with one attached hydrogen (secondary N) is 3. The van der Waals surface area contributed by atoms with E-state index in [2.05, 4.69) is 50.7 Å². The van der Waals surface area contributed by atoms with Crippen molar-refractivity contribution in [2.24, 2.45) is 4.99 Å². The molecule has 0 aliphatic carbocycles. The largest absolute Gasteiger partial charge is 0.355 e. The van der Waals surface area contributed by atoms with Gasteiger partial charge in [0.15, 0.2) is 5.96 Å². The summed E-state index contributed by atoms with van der Waals surface area (Å²) in [5.41, 5.74) is 0.645. The highest BCUT2D eigenvalue weighted by Crippen LogP contribution is 2.11. The highest BCUT2D eigenvalue weighted by atomic mass is 127. The molecule has 0 fully saturated rings. The number of hydrogen-bond acceptors (Lipinski definition) is 2. The first-order chi connectivity index (χ1) is 10.1. The van der Waals surface area contributed by atoms with Crippen LogP contribution < -0.4 is 16.0 Å². The van der Waals surface area contributed by atoms with E-state index in [0.29, 0.717) is 24.7 Å². The van der Waals surface area contributed by atoms with Gasteiger partial charge in [-0.25, -0.2) is 0 Å². The van der Waals surface area contributed by atoms with Crippen molar-refractivity contribution >= 4 is 51.8 Å². The Balaban J connectivity index is 0.00000441. The van der Waals surface area contributed by atoms with Crippen LogP contribution in [0.15, 0.2) is 33.7 Å². The first kappa shape index (κ1) is 21.2. The van der Waals surface area contributed by atoms with Crippen LogP contribution in [-0.4, -0.2) is 38.0 Å². The molecule has 0 aliphatic heterocycles. The number of carbonyl (C=O) groups is 1. The molecule has 1 aromatic carbocycles. The second-order valence-corrected chi connectivity index (χ2v) is 5.63. The molecule has 0 aromatic heterocycles. The molecule has 1 aromatic rings. The first-order valence-corrected chi connectivity index (χ1v) is 7.87. The van der Waals surface area contributed by atoms with Gasteiger partial charge in [0, 0.05) is 36.2 Å². The molecule has 0 heterocycles. The van der Waals surface area contributed by atoms with Crippen molar-refractivity contribution in [1.82, 2.24) is 16.0 Å². The average molecular weight is 483 g/mol. The summed E-state index contributed by atoms with van der Waals surface area (Å²) in [5.74, 6) is 0.670. The summed E-state index contributed by atoms with van der Waals surface area (Å²) in [7, 11) is 1.73. The van der Waals surface area contributed by atoms with Crippen LogP contribution in [0, 0.1) is 0 Å². The van der Waals surface area contributed by atoms with Gasteiger partial charge >= 0.3 is 0 Å². The molecule has 7 heteroatoms. The summed E-state index contributed by atoms with van der Waals surface area (Å²) in [6, 6.07) is 7.69. The van der Waals surface area contributed by atoms with Crippen LogP contribution >= 0.6 is 39.9 Å². The van der Waals surface area contributed by atoms with Crippen molar-refractivity contribution in [3.63, 3.8) is 0 Å². The minimum Gasteiger partial charge on any atom is -0.355 e. The van der Waals surface area contributed by atoms with E-state index in [4.69, 9.17) is 0 Å². The zero-order valence-electron chi connectivity index (χ0n) is 13.1. The van der Waals surface area contributed by atoms with Gasteiger partial charge in [-0.3, -0.25) is 9.79 Å². The molecular formula is C15H24BrIN4O. The minimum atomic E-state index is -0.0806. The van der Waals surface area contributed by atoms with Crippen molar-refractivity contribution in [1.29, 1.82) is 0 Å². The number of rotatable bonds is 6. The van der Waals surface area contributed by atoms with Crippen LogP contribution in [0.1, 0.15) is 30.6 Å². The molecule has 1 amide bonds.